The van der Waals surface area contributed by atoms with Gasteiger partial charge in [0, 0.05) is 29.4 Å². The molecule has 0 atom stereocenters. The van der Waals surface area contributed by atoms with Gasteiger partial charge in [0.1, 0.15) is 0 Å². The molecule has 1 heterocycles. The summed E-state index contributed by atoms with van der Waals surface area (Å²) in [5, 5.41) is 0. The Kier molecular flexibility index (Phi) is 3.40. The lowest BCUT2D eigenvalue weighted by Crippen LogP contribution is -2.22. The van der Waals surface area contributed by atoms with E-state index in [-0.39, 0.29) is 11.2 Å². The summed E-state index contributed by atoms with van der Waals surface area (Å²) in [6.07, 6.45) is 9.68. The van der Waals surface area contributed by atoms with Crippen molar-refractivity contribution in [3.05, 3.63) is 77.1 Å². The largest absolute Gasteiger partial charge is 0.347 e. The van der Waals surface area contributed by atoms with Crippen LogP contribution in [0, 0.1) is 0 Å². The first-order valence-corrected chi connectivity index (χ1v) is 7.58. The summed E-state index contributed by atoms with van der Waals surface area (Å²) < 4.78 is 0. The van der Waals surface area contributed by atoms with E-state index in [9.17, 15) is 4.79 Å². The van der Waals surface area contributed by atoms with Crippen molar-refractivity contribution in [2.75, 3.05) is 11.9 Å². The van der Waals surface area contributed by atoms with Gasteiger partial charge in [-0.2, -0.15) is 0 Å². The first-order valence-electron chi connectivity index (χ1n) is 7.58. The van der Waals surface area contributed by atoms with Crippen molar-refractivity contribution in [2.24, 2.45) is 0 Å². The number of para-hydroxylation sites is 1. The minimum atomic E-state index is -0.0608. The summed E-state index contributed by atoms with van der Waals surface area (Å²) in [4.78, 5) is 14.4. The molecule has 0 saturated carbocycles. The number of ketones is 1. The molecule has 2 aliphatic rings. The van der Waals surface area contributed by atoms with Gasteiger partial charge in [0.15, 0.2) is 5.78 Å². The molecule has 0 saturated heterocycles. The lowest BCUT2D eigenvalue weighted by molar-refractivity contribution is -0.112. The van der Waals surface area contributed by atoms with Crippen LogP contribution in [0.2, 0.25) is 0 Å². The molecule has 0 fully saturated rings. The zero-order valence-electron chi connectivity index (χ0n) is 13.6. The smallest absolute Gasteiger partial charge is 0.188 e. The number of allylic oxidation sites excluding steroid dienone is 8. The second-order valence-electron chi connectivity index (χ2n) is 6.41. The Hall–Kier alpha value is -2.35. The first-order chi connectivity index (χ1) is 10.4. The van der Waals surface area contributed by atoms with Gasteiger partial charge in [0.25, 0.3) is 0 Å². The van der Waals surface area contributed by atoms with Crippen LogP contribution in [0.25, 0.3) is 0 Å². The Morgan fingerprint density at radius 1 is 1.14 bits per heavy atom. The zero-order chi connectivity index (χ0) is 15.9. The second kappa shape index (κ2) is 5.13. The van der Waals surface area contributed by atoms with Gasteiger partial charge >= 0.3 is 0 Å². The van der Waals surface area contributed by atoms with Crippen molar-refractivity contribution in [3.63, 3.8) is 0 Å². The third-order valence-electron chi connectivity index (χ3n) is 4.60. The number of rotatable bonds is 1. The molecule has 2 nitrogen and oxygen atoms in total. The molecule has 22 heavy (non-hydrogen) atoms. The lowest BCUT2D eigenvalue weighted by atomic mass is 9.83. The van der Waals surface area contributed by atoms with E-state index in [4.69, 9.17) is 0 Å². The molecule has 0 radical (unpaired) electrons. The summed E-state index contributed by atoms with van der Waals surface area (Å²) in [5.74, 6) is 0.107. The van der Waals surface area contributed by atoms with Gasteiger partial charge in [-0.15, -0.1) is 0 Å². The number of carbonyl (C=O) groups excluding carboxylic acids is 1. The third-order valence-corrected chi connectivity index (χ3v) is 4.60. The van der Waals surface area contributed by atoms with Crippen molar-refractivity contribution in [3.8, 4) is 0 Å². The lowest BCUT2D eigenvalue weighted by Gasteiger charge is -2.23. The molecule has 1 aromatic carbocycles. The van der Waals surface area contributed by atoms with Gasteiger partial charge < -0.3 is 4.90 Å². The molecule has 0 bridgehead atoms. The maximum absolute atomic E-state index is 12.2. The molecule has 3 rings (SSSR count). The van der Waals surface area contributed by atoms with Crippen LogP contribution in [0.15, 0.2) is 71.5 Å². The molecule has 0 N–H and O–H groups in total. The van der Waals surface area contributed by atoms with Crippen LogP contribution in [0.3, 0.4) is 0 Å². The van der Waals surface area contributed by atoms with Crippen LogP contribution < -0.4 is 4.90 Å². The van der Waals surface area contributed by atoms with E-state index in [0.29, 0.717) is 0 Å². The molecular formula is C20H21NO. The minimum absolute atomic E-state index is 0.0608. The number of hydrogen-bond donors (Lipinski definition) is 0. The summed E-state index contributed by atoms with van der Waals surface area (Å²) >= 11 is 0. The number of benzene rings is 1. The topological polar surface area (TPSA) is 20.3 Å². The molecule has 0 aromatic heterocycles. The standard InChI is InChI=1S/C20H21NO/c1-14-8-7-9-15(19(14)22)12-13-18-20(2,3)16-10-5-6-11-17(16)21(18)4/h5-13H,1-4H3/b15-12+,18-13+. The third kappa shape index (κ3) is 2.16. The maximum Gasteiger partial charge on any atom is 0.188 e. The highest BCUT2D eigenvalue weighted by Crippen LogP contribution is 2.46. The number of nitrogens with zero attached hydrogens (tertiary/aromatic N) is 1. The fourth-order valence-electron chi connectivity index (χ4n) is 3.28. The molecule has 1 aliphatic heterocycles. The molecule has 1 aromatic rings. The van der Waals surface area contributed by atoms with Crippen LogP contribution in [0.4, 0.5) is 5.69 Å². The molecule has 1 aliphatic carbocycles. The molecule has 2 heteroatoms. The Balaban J connectivity index is 2.02. The fourth-order valence-corrected chi connectivity index (χ4v) is 3.28. The van der Waals surface area contributed by atoms with Gasteiger partial charge in [-0.25, -0.2) is 0 Å². The van der Waals surface area contributed by atoms with Crippen LogP contribution in [-0.4, -0.2) is 12.8 Å². The number of fused-ring (bicyclic) bond motifs is 1. The fraction of sp³-hybridized carbons (Fsp3) is 0.250. The minimum Gasteiger partial charge on any atom is -0.347 e. The Labute approximate surface area is 132 Å². The number of likely N-dealkylation sites (N-methyl/N-ethyl adjacent to an activating group) is 1. The van der Waals surface area contributed by atoms with Crippen LogP contribution in [-0.2, 0) is 10.2 Å². The number of Topliss-reactive ketones (excluding diaryl/α,β-unsaturated/α-hetero) is 1. The second-order valence-corrected chi connectivity index (χ2v) is 6.41. The highest BCUT2D eigenvalue weighted by atomic mass is 16.1. The Morgan fingerprint density at radius 3 is 2.59 bits per heavy atom. The average molecular weight is 291 g/mol. The van der Waals surface area contributed by atoms with Crippen LogP contribution in [0.5, 0.6) is 0 Å². The molecule has 0 amide bonds. The van der Waals surface area contributed by atoms with E-state index in [0.717, 1.165) is 11.1 Å². The Morgan fingerprint density at radius 2 is 1.86 bits per heavy atom. The SMILES string of the molecule is CC1=CC=C/C(=C\C=C2\N(C)c3ccccc3C2(C)C)C1=O. The van der Waals surface area contributed by atoms with Crippen molar-refractivity contribution in [1.29, 1.82) is 0 Å². The predicted molar refractivity (Wildman–Crippen MR) is 91.9 cm³/mol. The first kappa shape index (κ1) is 14.6. The summed E-state index contributed by atoms with van der Waals surface area (Å²) in [5.41, 5.74) is 5.23. The van der Waals surface area contributed by atoms with Crippen molar-refractivity contribution < 1.29 is 4.79 Å². The van der Waals surface area contributed by atoms with Crippen molar-refractivity contribution in [1.82, 2.24) is 0 Å². The number of anilines is 1. The number of hydrogen-bond acceptors (Lipinski definition) is 2. The Bertz CT molecular complexity index is 760. The van der Waals surface area contributed by atoms with Gasteiger partial charge in [-0.05, 0) is 36.3 Å². The highest BCUT2D eigenvalue weighted by molar-refractivity contribution is 6.11. The van der Waals surface area contributed by atoms with Gasteiger partial charge in [-0.3, -0.25) is 4.79 Å². The van der Waals surface area contributed by atoms with E-state index < -0.39 is 0 Å². The zero-order valence-corrected chi connectivity index (χ0v) is 13.6. The summed E-state index contributed by atoms with van der Waals surface area (Å²) in [6.45, 7) is 6.31. The van der Waals surface area contributed by atoms with E-state index in [2.05, 4.69) is 56.1 Å². The van der Waals surface area contributed by atoms with E-state index in [1.165, 1.54) is 16.9 Å². The normalized spacial score (nSPS) is 23.2. The summed E-state index contributed by atoms with van der Waals surface area (Å²) in [7, 11) is 2.08. The molecule has 0 spiro atoms. The van der Waals surface area contributed by atoms with Gasteiger partial charge in [-0.1, -0.05) is 50.3 Å². The molecule has 0 unspecified atom stereocenters. The quantitative estimate of drug-likeness (QED) is 0.719. The van der Waals surface area contributed by atoms with E-state index >= 15 is 0 Å². The average Bonchev–Trinajstić information content (AvgIpc) is 2.69. The van der Waals surface area contributed by atoms with Gasteiger partial charge in [0.05, 0.1) is 0 Å². The van der Waals surface area contributed by atoms with Crippen molar-refractivity contribution in [2.45, 2.75) is 26.2 Å². The van der Waals surface area contributed by atoms with E-state index in [1.807, 2.05) is 31.2 Å². The van der Waals surface area contributed by atoms with Crippen LogP contribution in [0.1, 0.15) is 26.3 Å². The number of carbonyl (C=O) groups is 1. The van der Waals surface area contributed by atoms with Crippen LogP contribution >= 0.6 is 0 Å². The molecule has 112 valence electrons. The maximum atomic E-state index is 12.2. The predicted octanol–water partition coefficient (Wildman–Crippen LogP) is 4.31. The monoisotopic (exact) mass is 291 g/mol. The van der Waals surface area contributed by atoms with Crippen molar-refractivity contribution >= 4 is 11.5 Å². The summed E-state index contributed by atoms with van der Waals surface area (Å²) in [6, 6.07) is 8.47. The molecular weight excluding hydrogens is 270 g/mol. The highest BCUT2D eigenvalue weighted by Gasteiger charge is 2.37. The van der Waals surface area contributed by atoms with E-state index in [1.54, 1.807) is 0 Å². The van der Waals surface area contributed by atoms with Gasteiger partial charge in [0.2, 0.25) is 0 Å².